The van der Waals surface area contributed by atoms with Gasteiger partial charge in [0, 0.05) is 0 Å². The summed E-state index contributed by atoms with van der Waals surface area (Å²) in [6, 6.07) is 6.54. The van der Waals surface area contributed by atoms with Gasteiger partial charge in [0.1, 0.15) is 0 Å². The highest BCUT2D eigenvalue weighted by molar-refractivity contribution is 6.95. The number of hydrogen-bond acceptors (Lipinski definition) is 1. The molecule has 1 aromatic carbocycles. The predicted molar refractivity (Wildman–Crippen MR) is 118 cm³/mol. The van der Waals surface area contributed by atoms with Crippen LogP contribution in [0, 0.1) is 13.8 Å². The lowest BCUT2D eigenvalue weighted by atomic mass is 10.1. The first-order valence-corrected chi connectivity index (χ1v) is 16.6. The van der Waals surface area contributed by atoms with E-state index in [1.54, 1.807) is 21.5 Å². The van der Waals surface area contributed by atoms with Gasteiger partial charge in [-0.1, -0.05) is 57.5 Å². The average Bonchev–Trinajstić information content (AvgIpc) is 2.99. The number of fused-ring (bicyclic) bond motifs is 1. The second-order valence-electron chi connectivity index (χ2n) is 9.76. The lowest BCUT2D eigenvalue weighted by Gasteiger charge is -2.27. The topological polar surface area (TPSA) is 12.4 Å². The van der Waals surface area contributed by atoms with Crippen LogP contribution in [0.2, 0.25) is 39.3 Å². The van der Waals surface area contributed by atoms with Crippen molar-refractivity contribution in [1.82, 2.24) is 0 Å². The van der Waals surface area contributed by atoms with Crippen molar-refractivity contribution in [2.75, 3.05) is 0 Å². The van der Waals surface area contributed by atoms with E-state index in [0.29, 0.717) is 0 Å². The molecular formula is C22H33NSi2. The number of hydrogen-bond donors (Lipinski definition) is 0. The number of nitrogens with zero attached hydrogens (tertiary/aromatic N) is 1. The van der Waals surface area contributed by atoms with Crippen LogP contribution in [0.25, 0.3) is 0 Å². The van der Waals surface area contributed by atoms with Gasteiger partial charge in [-0.3, -0.25) is 0 Å². The van der Waals surface area contributed by atoms with Gasteiger partial charge in [-0.2, -0.15) is 0 Å². The molecule has 0 amide bonds. The number of benzene rings is 1. The maximum atomic E-state index is 5.41. The van der Waals surface area contributed by atoms with Gasteiger partial charge in [-0.05, 0) is 65.8 Å². The monoisotopic (exact) mass is 367 g/mol. The normalized spacial score (nSPS) is 18.3. The largest absolute Gasteiger partial charge is 0.249 e. The Bertz CT molecular complexity index is 751. The minimum atomic E-state index is -1.45. The van der Waals surface area contributed by atoms with E-state index < -0.39 is 16.1 Å². The molecular weight excluding hydrogens is 334 g/mol. The molecule has 0 heterocycles. The summed E-state index contributed by atoms with van der Waals surface area (Å²) in [6.45, 7) is 19.4. The summed E-state index contributed by atoms with van der Waals surface area (Å²) >= 11 is 0. The Morgan fingerprint density at radius 2 is 1.20 bits per heavy atom. The summed E-state index contributed by atoms with van der Waals surface area (Å²) in [6.07, 6.45) is 3.88. The van der Waals surface area contributed by atoms with Gasteiger partial charge in [0.25, 0.3) is 0 Å². The van der Waals surface area contributed by atoms with Gasteiger partial charge >= 0.3 is 0 Å². The molecule has 0 aliphatic heterocycles. The summed E-state index contributed by atoms with van der Waals surface area (Å²) in [5.74, 6) is 0. The molecule has 0 saturated heterocycles. The van der Waals surface area contributed by atoms with Crippen LogP contribution in [0.3, 0.4) is 0 Å². The fourth-order valence-corrected chi connectivity index (χ4v) is 8.80. The molecule has 25 heavy (non-hydrogen) atoms. The Hall–Kier alpha value is -1.20. The number of aryl methyl sites for hydroxylation is 2. The molecule has 0 radical (unpaired) electrons. The molecule has 1 aromatic rings. The quantitative estimate of drug-likeness (QED) is 0.514. The van der Waals surface area contributed by atoms with E-state index in [4.69, 9.17) is 4.99 Å². The highest BCUT2D eigenvalue weighted by Gasteiger charge is 2.42. The number of para-hydroxylation sites is 1. The van der Waals surface area contributed by atoms with E-state index in [1.807, 2.05) is 0 Å². The van der Waals surface area contributed by atoms with Crippen molar-refractivity contribution in [2.24, 2.45) is 4.99 Å². The minimum Gasteiger partial charge on any atom is -0.249 e. The average molecular weight is 368 g/mol. The molecule has 3 heteroatoms. The summed E-state index contributed by atoms with van der Waals surface area (Å²) in [5, 5.41) is 3.33. The fraction of sp³-hybridized carbons (Fsp3) is 0.500. The van der Waals surface area contributed by atoms with Gasteiger partial charge in [-0.25, -0.2) is 4.99 Å². The first kappa shape index (κ1) is 18.6. The van der Waals surface area contributed by atoms with Gasteiger partial charge < -0.3 is 0 Å². The third-order valence-corrected chi connectivity index (χ3v) is 9.54. The predicted octanol–water partition coefficient (Wildman–Crippen LogP) is 6.92. The van der Waals surface area contributed by atoms with Gasteiger partial charge in [0.05, 0.1) is 27.5 Å². The molecule has 1 saturated carbocycles. The van der Waals surface area contributed by atoms with Gasteiger partial charge in [0.15, 0.2) is 0 Å². The van der Waals surface area contributed by atoms with Gasteiger partial charge in [-0.15, -0.1) is 0 Å². The molecule has 2 aliphatic carbocycles. The Morgan fingerprint density at radius 1 is 0.760 bits per heavy atom. The zero-order valence-electron chi connectivity index (χ0n) is 17.3. The smallest absolute Gasteiger partial charge is 0.0807 e. The molecule has 1 nitrogen and oxygen atoms in total. The van der Waals surface area contributed by atoms with Crippen molar-refractivity contribution >= 4 is 27.5 Å². The Morgan fingerprint density at radius 3 is 1.60 bits per heavy atom. The van der Waals surface area contributed by atoms with E-state index in [0.717, 1.165) is 0 Å². The van der Waals surface area contributed by atoms with E-state index in [-0.39, 0.29) is 0 Å². The molecule has 0 unspecified atom stereocenters. The van der Waals surface area contributed by atoms with Crippen molar-refractivity contribution < 1.29 is 0 Å². The maximum absolute atomic E-state index is 5.41. The van der Waals surface area contributed by atoms with Crippen molar-refractivity contribution in [2.45, 2.75) is 72.4 Å². The highest BCUT2D eigenvalue weighted by Crippen LogP contribution is 2.48. The third-order valence-electron chi connectivity index (χ3n) is 5.46. The number of rotatable bonds is 3. The van der Waals surface area contributed by atoms with Gasteiger partial charge in [0.2, 0.25) is 0 Å². The van der Waals surface area contributed by atoms with Crippen LogP contribution in [0.15, 0.2) is 44.7 Å². The number of allylic oxidation sites excluding steroid dienone is 4. The first-order valence-electron chi connectivity index (χ1n) is 9.65. The molecule has 0 spiro atoms. The second kappa shape index (κ2) is 6.20. The molecule has 0 aromatic heterocycles. The van der Waals surface area contributed by atoms with Crippen LogP contribution in [-0.4, -0.2) is 21.9 Å². The van der Waals surface area contributed by atoms with E-state index in [1.165, 1.54) is 41.8 Å². The SMILES string of the molecule is Cc1cccc(C)c1N=C1C([Si](C)(C)C)=C2CCCC2=C1[Si](C)(C)C. The molecule has 0 N–H and O–H groups in total. The standard InChI is InChI=1S/C22H33NSi2/c1-15-11-9-12-16(2)19(15)23-20-21(24(3,4)5)17-13-10-14-18(17)22(20)25(6,7)8/h9,11-12H,10,13-14H2,1-8H3. The lowest BCUT2D eigenvalue weighted by molar-refractivity contribution is 0.929. The van der Waals surface area contributed by atoms with Crippen LogP contribution < -0.4 is 0 Å². The van der Waals surface area contributed by atoms with Crippen LogP contribution in [0.4, 0.5) is 5.69 Å². The third kappa shape index (κ3) is 3.29. The summed E-state index contributed by atoms with van der Waals surface area (Å²) in [5.41, 5.74) is 8.57. The summed E-state index contributed by atoms with van der Waals surface area (Å²) < 4.78 is 0. The fourth-order valence-electron chi connectivity index (χ4n) is 4.53. The lowest BCUT2D eigenvalue weighted by Crippen LogP contribution is -2.35. The summed E-state index contributed by atoms with van der Waals surface area (Å²) in [7, 11) is -2.91. The van der Waals surface area contributed by atoms with E-state index in [2.05, 4.69) is 71.3 Å². The Kier molecular flexibility index (Phi) is 4.61. The molecule has 0 atom stereocenters. The van der Waals surface area contributed by atoms with E-state index >= 15 is 0 Å². The van der Waals surface area contributed by atoms with Crippen LogP contribution in [0.1, 0.15) is 30.4 Å². The van der Waals surface area contributed by atoms with Crippen LogP contribution in [0.5, 0.6) is 0 Å². The molecule has 134 valence electrons. The van der Waals surface area contributed by atoms with Crippen molar-refractivity contribution in [3.63, 3.8) is 0 Å². The Labute approximate surface area is 156 Å². The molecule has 1 fully saturated rings. The van der Waals surface area contributed by atoms with Crippen LogP contribution in [-0.2, 0) is 0 Å². The van der Waals surface area contributed by atoms with Crippen molar-refractivity contribution in [1.29, 1.82) is 0 Å². The van der Waals surface area contributed by atoms with E-state index in [9.17, 15) is 0 Å². The Balaban J connectivity index is 2.31. The maximum Gasteiger partial charge on any atom is 0.0807 e. The van der Waals surface area contributed by atoms with Crippen molar-refractivity contribution in [3.8, 4) is 0 Å². The second-order valence-corrected chi connectivity index (χ2v) is 19.8. The molecule has 0 bridgehead atoms. The number of aliphatic imine (C=N–C) groups is 1. The van der Waals surface area contributed by atoms with Crippen LogP contribution >= 0.6 is 0 Å². The first-order chi connectivity index (χ1) is 11.5. The van der Waals surface area contributed by atoms with Crippen molar-refractivity contribution in [3.05, 3.63) is 50.9 Å². The molecule has 3 rings (SSSR count). The highest BCUT2D eigenvalue weighted by atomic mass is 28.3. The zero-order chi connectivity index (χ0) is 18.6. The molecule has 2 aliphatic rings. The summed E-state index contributed by atoms with van der Waals surface area (Å²) in [4.78, 5) is 5.41. The minimum absolute atomic E-state index is 1.20. The zero-order valence-corrected chi connectivity index (χ0v) is 19.3.